The van der Waals surface area contributed by atoms with E-state index in [0.29, 0.717) is 12.1 Å². The number of aliphatic hydroxyl groups is 1. The molecule has 0 radical (unpaired) electrons. The molecule has 1 atom stereocenters. The van der Waals surface area contributed by atoms with Gasteiger partial charge in [-0.05, 0) is 35.4 Å². The number of halogens is 1. The summed E-state index contributed by atoms with van der Waals surface area (Å²) in [5, 5.41) is 12.1. The van der Waals surface area contributed by atoms with Gasteiger partial charge in [0.2, 0.25) is 5.91 Å². The number of aliphatic hydroxyl groups excluding tert-OH is 1. The molecule has 2 rings (SSSR count). The van der Waals surface area contributed by atoms with E-state index in [0.717, 1.165) is 5.56 Å². The fraction of sp³-hybridized carbons (Fsp3) is 0.200. The number of nitrogens with zero attached hydrogens (tertiary/aromatic N) is 1. The minimum Gasteiger partial charge on any atom is -0.395 e. The van der Waals surface area contributed by atoms with Gasteiger partial charge in [0.05, 0.1) is 12.5 Å². The fourth-order valence-corrected chi connectivity index (χ4v) is 1.85. The number of benzene rings is 1. The number of carbonyl (C=O) groups excluding carboxylic acids is 1. The van der Waals surface area contributed by atoms with Crippen LogP contribution in [-0.2, 0) is 11.3 Å². The quantitative estimate of drug-likeness (QED) is 0.870. The Bertz CT molecular complexity index is 558. The summed E-state index contributed by atoms with van der Waals surface area (Å²) in [6.45, 7) is 0.0346. The summed E-state index contributed by atoms with van der Waals surface area (Å²) < 4.78 is 12.9. The predicted molar refractivity (Wildman–Crippen MR) is 72.3 cm³/mol. The van der Waals surface area contributed by atoms with Crippen molar-refractivity contribution < 1.29 is 14.3 Å². The molecule has 4 nitrogen and oxygen atoms in total. The van der Waals surface area contributed by atoms with Gasteiger partial charge in [-0.15, -0.1) is 0 Å². The first-order chi connectivity index (χ1) is 9.70. The zero-order chi connectivity index (χ0) is 14.4. The van der Waals surface area contributed by atoms with Crippen LogP contribution in [0, 0.1) is 5.82 Å². The Hall–Kier alpha value is -2.27. The second kappa shape index (κ2) is 6.77. The number of rotatable bonds is 5. The molecule has 0 bridgehead atoms. The van der Waals surface area contributed by atoms with Crippen LogP contribution in [-0.4, -0.2) is 22.6 Å². The first kappa shape index (κ1) is 14.1. The highest BCUT2D eigenvalue weighted by atomic mass is 19.1. The van der Waals surface area contributed by atoms with Gasteiger partial charge in [-0.1, -0.05) is 12.1 Å². The summed E-state index contributed by atoms with van der Waals surface area (Å²) in [5.41, 5.74) is 1.50. The molecule has 1 heterocycles. The molecule has 104 valence electrons. The molecule has 0 saturated heterocycles. The van der Waals surface area contributed by atoms with E-state index in [4.69, 9.17) is 0 Å². The third-order valence-electron chi connectivity index (χ3n) is 2.99. The van der Waals surface area contributed by atoms with Gasteiger partial charge in [0, 0.05) is 18.9 Å². The molecule has 0 saturated carbocycles. The number of amides is 1. The molecule has 1 aromatic carbocycles. The van der Waals surface area contributed by atoms with E-state index in [1.54, 1.807) is 24.5 Å². The van der Waals surface area contributed by atoms with Gasteiger partial charge in [-0.2, -0.15) is 0 Å². The lowest BCUT2D eigenvalue weighted by Gasteiger charge is -2.14. The van der Waals surface area contributed by atoms with E-state index in [2.05, 4.69) is 10.3 Å². The molecule has 0 aliphatic heterocycles. The summed E-state index contributed by atoms with van der Waals surface area (Å²) in [4.78, 5) is 15.9. The van der Waals surface area contributed by atoms with Gasteiger partial charge in [0.1, 0.15) is 5.82 Å². The van der Waals surface area contributed by atoms with Crippen LogP contribution in [0.4, 0.5) is 4.39 Å². The van der Waals surface area contributed by atoms with E-state index in [-0.39, 0.29) is 18.3 Å². The Kier molecular flexibility index (Phi) is 4.79. The van der Waals surface area contributed by atoms with Crippen molar-refractivity contribution in [1.29, 1.82) is 0 Å². The van der Waals surface area contributed by atoms with Gasteiger partial charge in [-0.25, -0.2) is 4.39 Å². The summed E-state index contributed by atoms with van der Waals surface area (Å²) in [5.74, 6) is -1.36. The molecule has 5 heteroatoms. The van der Waals surface area contributed by atoms with E-state index in [1.807, 2.05) is 0 Å². The molecule has 1 aromatic heterocycles. The van der Waals surface area contributed by atoms with Crippen molar-refractivity contribution in [2.24, 2.45) is 0 Å². The van der Waals surface area contributed by atoms with Crippen molar-refractivity contribution in [2.45, 2.75) is 12.5 Å². The minimum atomic E-state index is -0.697. The number of aromatic nitrogens is 1. The van der Waals surface area contributed by atoms with Crippen LogP contribution in [0.3, 0.4) is 0 Å². The molecule has 1 amide bonds. The van der Waals surface area contributed by atoms with Crippen molar-refractivity contribution in [2.75, 3.05) is 6.61 Å². The van der Waals surface area contributed by atoms with E-state index in [9.17, 15) is 14.3 Å². The van der Waals surface area contributed by atoms with Crippen molar-refractivity contribution in [3.8, 4) is 0 Å². The molecule has 2 aromatic rings. The lowest BCUT2D eigenvalue weighted by molar-refractivity contribution is -0.123. The highest BCUT2D eigenvalue weighted by Gasteiger charge is 2.19. The van der Waals surface area contributed by atoms with Crippen LogP contribution in [0.5, 0.6) is 0 Å². The predicted octanol–water partition coefficient (Wildman–Crippen LogP) is 1.61. The Morgan fingerprint density at radius 1 is 1.20 bits per heavy atom. The van der Waals surface area contributed by atoms with Crippen LogP contribution in [0.15, 0.2) is 48.8 Å². The smallest absolute Gasteiger partial charge is 0.230 e. The maximum atomic E-state index is 12.9. The number of nitrogens with one attached hydrogen (secondary N) is 1. The largest absolute Gasteiger partial charge is 0.395 e. The molecule has 20 heavy (non-hydrogen) atoms. The van der Waals surface area contributed by atoms with Gasteiger partial charge >= 0.3 is 0 Å². The highest BCUT2D eigenvalue weighted by Crippen LogP contribution is 2.16. The van der Waals surface area contributed by atoms with Crippen LogP contribution in [0.25, 0.3) is 0 Å². The van der Waals surface area contributed by atoms with E-state index in [1.165, 1.54) is 24.3 Å². The second-order valence-electron chi connectivity index (χ2n) is 4.36. The molecular weight excluding hydrogens is 259 g/mol. The van der Waals surface area contributed by atoms with E-state index < -0.39 is 5.92 Å². The molecule has 0 aliphatic carbocycles. The molecular formula is C15H15FN2O2. The summed E-state index contributed by atoms with van der Waals surface area (Å²) in [6, 6.07) is 9.14. The number of hydrogen-bond donors (Lipinski definition) is 2. The number of hydrogen-bond acceptors (Lipinski definition) is 3. The van der Waals surface area contributed by atoms with Crippen LogP contribution in [0.2, 0.25) is 0 Å². The Labute approximate surface area is 116 Å². The first-order valence-corrected chi connectivity index (χ1v) is 6.23. The normalized spacial score (nSPS) is 11.9. The average molecular weight is 274 g/mol. The maximum Gasteiger partial charge on any atom is 0.230 e. The van der Waals surface area contributed by atoms with Crippen molar-refractivity contribution in [1.82, 2.24) is 10.3 Å². The van der Waals surface area contributed by atoms with Crippen LogP contribution >= 0.6 is 0 Å². The molecule has 1 unspecified atom stereocenters. The standard InChI is InChI=1S/C15H15FN2O2/c16-13-3-1-12(2-4-13)14(10-19)15(20)18-9-11-5-7-17-8-6-11/h1-8,14,19H,9-10H2,(H,18,20). The molecule has 0 spiro atoms. The van der Waals surface area contributed by atoms with Crippen molar-refractivity contribution in [3.05, 3.63) is 65.7 Å². The fourth-order valence-electron chi connectivity index (χ4n) is 1.85. The zero-order valence-electron chi connectivity index (χ0n) is 10.8. The molecule has 2 N–H and O–H groups in total. The van der Waals surface area contributed by atoms with Crippen LogP contribution in [0.1, 0.15) is 17.0 Å². The summed E-state index contributed by atoms with van der Waals surface area (Å²) in [6.07, 6.45) is 3.29. The third-order valence-corrected chi connectivity index (χ3v) is 2.99. The Balaban J connectivity index is 2.00. The molecule has 0 aliphatic rings. The Morgan fingerprint density at radius 3 is 2.45 bits per heavy atom. The lowest BCUT2D eigenvalue weighted by Crippen LogP contribution is -2.30. The van der Waals surface area contributed by atoms with Gasteiger partial charge in [-0.3, -0.25) is 9.78 Å². The number of carbonyl (C=O) groups is 1. The van der Waals surface area contributed by atoms with E-state index >= 15 is 0 Å². The van der Waals surface area contributed by atoms with Crippen LogP contribution < -0.4 is 5.32 Å². The molecule has 0 fully saturated rings. The summed E-state index contributed by atoms with van der Waals surface area (Å²) in [7, 11) is 0. The zero-order valence-corrected chi connectivity index (χ0v) is 10.8. The third kappa shape index (κ3) is 3.61. The second-order valence-corrected chi connectivity index (χ2v) is 4.36. The SMILES string of the molecule is O=C(NCc1ccncc1)C(CO)c1ccc(F)cc1. The van der Waals surface area contributed by atoms with Gasteiger partial charge in [0.15, 0.2) is 0 Å². The monoisotopic (exact) mass is 274 g/mol. The van der Waals surface area contributed by atoms with Gasteiger partial charge < -0.3 is 10.4 Å². The highest BCUT2D eigenvalue weighted by molar-refractivity contribution is 5.83. The van der Waals surface area contributed by atoms with Crippen molar-refractivity contribution in [3.63, 3.8) is 0 Å². The summed E-state index contributed by atoms with van der Waals surface area (Å²) >= 11 is 0. The topological polar surface area (TPSA) is 62.2 Å². The average Bonchev–Trinajstić information content (AvgIpc) is 2.49. The first-order valence-electron chi connectivity index (χ1n) is 6.23. The lowest BCUT2D eigenvalue weighted by atomic mass is 9.99. The maximum absolute atomic E-state index is 12.9. The minimum absolute atomic E-state index is 0.295. The number of pyridine rings is 1. The van der Waals surface area contributed by atoms with Crippen molar-refractivity contribution >= 4 is 5.91 Å². The van der Waals surface area contributed by atoms with Gasteiger partial charge in [0.25, 0.3) is 0 Å². The Morgan fingerprint density at radius 2 is 1.85 bits per heavy atom.